The fraction of sp³-hybridized carbons (Fsp3) is 0.364. The van der Waals surface area contributed by atoms with Crippen molar-refractivity contribution in [1.82, 2.24) is 9.88 Å². The summed E-state index contributed by atoms with van der Waals surface area (Å²) in [6, 6.07) is 1.07. The van der Waals surface area contributed by atoms with E-state index >= 15 is 0 Å². The number of hydrogen-bond donors (Lipinski definition) is 3. The topological polar surface area (TPSA) is 114 Å². The summed E-state index contributed by atoms with van der Waals surface area (Å²) in [4.78, 5) is 28.7. The lowest BCUT2D eigenvalue weighted by molar-refractivity contribution is -0.127. The Morgan fingerprint density at radius 3 is 2.89 bits per heavy atom. The molecule has 0 aromatic carbocycles. The van der Waals surface area contributed by atoms with Crippen molar-refractivity contribution in [3.63, 3.8) is 0 Å². The molecule has 1 aliphatic heterocycles. The van der Waals surface area contributed by atoms with Crippen molar-refractivity contribution < 1.29 is 9.59 Å². The van der Waals surface area contributed by atoms with E-state index in [1.807, 2.05) is 0 Å². The average Bonchev–Trinajstić information content (AvgIpc) is 2.63. The fourth-order valence-electron chi connectivity index (χ4n) is 1.91. The number of amides is 2. The number of primary amides is 1. The summed E-state index contributed by atoms with van der Waals surface area (Å²) < 4.78 is 0. The van der Waals surface area contributed by atoms with Gasteiger partial charge in [-0.1, -0.05) is 0 Å². The Morgan fingerprint density at radius 2 is 2.33 bits per heavy atom. The Kier molecular flexibility index (Phi) is 3.05. The molecule has 7 nitrogen and oxygen atoms in total. The van der Waals surface area contributed by atoms with Gasteiger partial charge in [0, 0.05) is 13.6 Å². The molecule has 96 valence electrons. The number of carbonyl (C=O) groups excluding carboxylic acids is 2. The Bertz CT molecular complexity index is 502. The van der Waals surface area contributed by atoms with Crippen LogP contribution in [-0.4, -0.2) is 41.3 Å². The number of nitrogens with zero attached hydrogens (tertiary/aromatic N) is 2. The molecule has 1 atom stereocenters. The van der Waals surface area contributed by atoms with E-state index in [4.69, 9.17) is 11.5 Å². The maximum atomic E-state index is 11.8. The van der Waals surface area contributed by atoms with Crippen molar-refractivity contribution in [3.8, 4) is 0 Å². The molecule has 1 aromatic heterocycles. The number of nitrogens with one attached hydrogen (secondary N) is 1. The molecule has 0 saturated carbocycles. The van der Waals surface area contributed by atoms with Crippen LogP contribution in [0.2, 0.25) is 0 Å². The zero-order valence-corrected chi connectivity index (χ0v) is 10.0. The lowest BCUT2D eigenvalue weighted by Gasteiger charge is -2.14. The van der Waals surface area contributed by atoms with Gasteiger partial charge in [0.2, 0.25) is 5.91 Å². The Morgan fingerprint density at radius 1 is 1.61 bits per heavy atom. The summed E-state index contributed by atoms with van der Waals surface area (Å²) in [6.45, 7) is 0.678. The van der Waals surface area contributed by atoms with Gasteiger partial charge in [-0.15, -0.1) is 0 Å². The first-order chi connectivity index (χ1) is 8.49. The monoisotopic (exact) mass is 249 g/mol. The highest BCUT2D eigenvalue weighted by molar-refractivity contribution is 5.99. The van der Waals surface area contributed by atoms with Crippen LogP contribution in [0.15, 0.2) is 12.3 Å². The number of nitrogens with two attached hydrogens (primary N) is 2. The van der Waals surface area contributed by atoms with Crippen LogP contribution < -0.4 is 16.8 Å². The summed E-state index contributed by atoms with van der Waals surface area (Å²) >= 11 is 0. The lowest BCUT2D eigenvalue weighted by atomic mass is 10.2. The Hall–Kier alpha value is -2.31. The largest absolute Gasteiger partial charge is 0.397 e. The average molecular weight is 249 g/mol. The zero-order chi connectivity index (χ0) is 13.3. The van der Waals surface area contributed by atoms with E-state index in [9.17, 15) is 9.59 Å². The molecule has 2 heterocycles. The standard InChI is InChI=1S/C11H15N5O2/c1-16-3-2-8(11(16)18)15-10-7(9(13)17)4-6(12)5-14-10/h4-5,8H,2-3,12H2,1H3,(H2,13,17)(H,14,15). The van der Waals surface area contributed by atoms with Gasteiger partial charge in [0.1, 0.15) is 11.9 Å². The molecule has 1 aromatic rings. The Labute approximate surface area is 104 Å². The van der Waals surface area contributed by atoms with Gasteiger partial charge >= 0.3 is 0 Å². The van der Waals surface area contributed by atoms with Crippen LogP contribution in [0, 0.1) is 0 Å². The molecule has 2 amide bonds. The second-order valence-electron chi connectivity index (χ2n) is 4.27. The van der Waals surface area contributed by atoms with E-state index in [-0.39, 0.29) is 17.5 Å². The maximum Gasteiger partial charge on any atom is 0.252 e. The molecule has 0 spiro atoms. The number of anilines is 2. The molecular formula is C11H15N5O2. The van der Waals surface area contributed by atoms with Gasteiger partial charge in [0.15, 0.2) is 0 Å². The molecule has 7 heteroatoms. The van der Waals surface area contributed by atoms with Crippen LogP contribution >= 0.6 is 0 Å². The molecule has 0 aliphatic carbocycles. The second-order valence-corrected chi connectivity index (χ2v) is 4.27. The normalized spacial score (nSPS) is 19.1. The van der Waals surface area contributed by atoms with Crippen molar-refractivity contribution in [1.29, 1.82) is 0 Å². The van der Waals surface area contributed by atoms with Gasteiger partial charge in [-0.25, -0.2) is 4.98 Å². The smallest absolute Gasteiger partial charge is 0.252 e. The maximum absolute atomic E-state index is 11.8. The Balaban J connectivity index is 2.24. The number of carbonyl (C=O) groups is 2. The summed E-state index contributed by atoms with van der Waals surface area (Å²) in [6.07, 6.45) is 2.08. The van der Waals surface area contributed by atoms with Crippen molar-refractivity contribution in [2.24, 2.45) is 5.73 Å². The van der Waals surface area contributed by atoms with Crippen LogP contribution in [0.5, 0.6) is 0 Å². The third-order valence-corrected chi connectivity index (χ3v) is 2.91. The lowest BCUT2D eigenvalue weighted by Crippen LogP contribution is -2.32. The number of likely N-dealkylation sites (N-methyl/N-ethyl adjacent to an activating group) is 1. The number of likely N-dealkylation sites (tertiary alicyclic amines) is 1. The van der Waals surface area contributed by atoms with Crippen LogP contribution in [-0.2, 0) is 4.79 Å². The molecule has 1 saturated heterocycles. The van der Waals surface area contributed by atoms with Crippen molar-refractivity contribution >= 4 is 23.3 Å². The SMILES string of the molecule is CN1CCC(Nc2ncc(N)cc2C(N)=O)C1=O. The highest BCUT2D eigenvalue weighted by Gasteiger charge is 2.30. The van der Waals surface area contributed by atoms with Crippen LogP contribution in [0.25, 0.3) is 0 Å². The first-order valence-corrected chi connectivity index (χ1v) is 5.56. The van der Waals surface area contributed by atoms with E-state index in [0.29, 0.717) is 24.5 Å². The molecular weight excluding hydrogens is 234 g/mol. The van der Waals surface area contributed by atoms with Crippen molar-refractivity contribution in [3.05, 3.63) is 17.8 Å². The van der Waals surface area contributed by atoms with Gasteiger partial charge in [-0.2, -0.15) is 0 Å². The second kappa shape index (κ2) is 4.52. The quantitative estimate of drug-likeness (QED) is 0.662. The van der Waals surface area contributed by atoms with Gasteiger partial charge in [0.25, 0.3) is 5.91 Å². The molecule has 18 heavy (non-hydrogen) atoms. The first-order valence-electron chi connectivity index (χ1n) is 5.56. The van der Waals surface area contributed by atoms with E-state index in [1.54, 1.807) is 11.9 Å². The van der Waals surface area contributed by atoms with Gasteiger partial charge in [0.05, 0.1) is 17.4 Å². The van der Waals surface area contributed by atoms with Crippen molar-refractivity contribution in [2.45, 2.75) is 12.5 Å². The fourth-order valence-corrected chi connectivity index (χ4v) is 1.91. The van der Waals surface area contributed by atoms with E-state index in [2.05, 4.69) is 10.3 Å². The molecule has 1 unspecified atom stereocenters. The van der Waals surface area contributed by atoms with E-state index < -0.39 is 5.91 Å². The predicted octanol–water partition coefficient (Wildman–Crippen LogP) is -0.595. The van der Waals surface area contributed by atoms with Crippen LogP contribution in [0.4, 0.5) is 11.5 Å². The third kappa shape index (κ3) is 2.20. The first kappa shape index (κ1) is 12.2. The summed E-state index contributed by atoms with van der Waals surface area (Å²) in [5.74, 6) is -0.356. The third-order valence-electron chi connectivity index (χ3n) is 2.91. The predicted molar refractivity (Wildman–Crippen MR) is 66.8 cm³/mol. The minimum atomic E-state index is -0.629. The summed E-state index contributed by atoms with van der Waals surface area (Å²) in [5, 5.41) is 2.94. The van der Waals surface area contributed by atoms with Gasteiger partial charge in [-0.05, 0) is 12.5 Å². The summed E-state index contributed by atoms with van der Waals surface area (Å²) in [5.41, 5.74) is 11.3. The molecule has 0 radical (unpaired) electrons. The number of aromatic nitrogens is 1. The number of pyridine rings is 1. The molecule has 1 aliphatic rings. The zero-order valence-electron chi connectivity index (χ0n) is 10.0. The molecule has 1 fully saturated rings. The molecule has 5 N–H and O–H groups in total. The summed E-state index contributed by atoms with van der Waals surface area (Å²) in [7, 11) is 1.73. The number of nitrogen functional groups attached to an aromatic ring is 1. The van der Waals surface area contributed by atoms with Crippen molar-refractivity contribution in [2.75, 3.05) is 24.6 Å². The minimum Gasteiger partial charge on any atom is -0.397 e. The highest BCUT2D eigenvalue weighted by Crippen LogP contribution is 2.19. The number of rotatable bonds is 3. The minimum absolute atomic E-state index is 0.0240. The van der Waals surface area contributed by atoms with Gasteiger partial charge < -0.3 is 21.7 Å². The highest BCUT2D eigenvalue weighted by atomic mass is 16.2. The van der Waals surface area contributed by atoms with E-state index in [0.717, 1.165) is 0 Å². The van der Waals surface area contributed by atoms with Crippen LogP contribution in [0.1, 0.15) is 16.8 Å². The molecule has 2 rings (SSSR count). The molecule has 0 bridgehead atoms. The van der Waals surface area contributed by atoms with E-state index in [1.165, 1.54) is 12.3 Å². The number of hydrogen-bond acceptors (Lipinski definition) is 5. The van der Waals surface area contributed by atoms with Crippen LogP contribution in [0.3, 0.4) is 0 Å². The van der Waals surface area contributed by atoms with Gasteiger partial charge in [-0.3, -0.25) is 9.59 Å².